The maximum Gasteiger partial charge on any atom is 0.115 e. The Balaban J connectivity index is 0.000000564. The number of ether oxygens (including phenoxy) is 12. The average molecular weight is 1450 g/mol. The van der Waals surface area contributed by atoms with Crippen LogP contribution in [0.2, 0.25) is 0 Å². The molecule has 600 valence electrons. The van der Waals surface area contributed by atoms with E-state index in [0.29, 0.717) is 91.2 Å². The van der Waals surface area contributed by atoms with E-state index in [4.69, 9.17) is 61.9 Å². The van der Waals surface area contributed by atoms with Crippen molar-refractivity contribution in [1.82, 2.24) is 25.3 Å². The minimum absolute atomic E-state index is 0.00574. The molecule has 0 aliphatic carbocycles. The first-order valence-corrected chi connectivity index (χ1v) is 38.0. The van der Waals surface area contributed by atoms with Crippen LogP contribution in [0, 0.1) is 5.21 Å². The van der Waals surface area contributed by atoms with Crippen LogP contribution in [0.4, 0.5) is 0 Å². The van der Waals surface area contributed by atoms with E-state index in [1.165, 1.54) is 58.5 Å². The second-order valence-electron chi connectivity index (χ2n) is 30.9. The molecule has 25 heteroatoms. The summed E-state index contributed by atoms with van der Waals surface area (Å²) < 4.78 is 64.8. The Morgan fingerprint density at radius 3 is 1.09 bits per heavy atom. The Kier molecular flexibility index (Phi) is 48.4. The van der Waals surface area contributed by atoms with E-state index in [-0.39, 0.29) is 72.2 Å². The van der Waals surface area contributed by atoms with E-state index in [0.717, 1.165) is 38.7 Å². The van der Waals surface area contributed by atoms with Crippen LogP contribution in [0.1, 0.15) is 194 Å². The molecule has 9 saturated heterocycles. The van der Waals surface area contributed by atoms with Gasteiger partial charge in [-0.25, -0.2) is 0 Å². The molecule has 0 spiro atoms. The summed E-state index contributed by atoms with van der Waals surface area (Å²) in [4.78, 5) is 6.61. The number of nitrogens with zero attached hydrogens (tertiary/aromatic N) is 4. The van der Waals surface area contributed by atoms with Crippen LogP contribution in [0.3, 0.4) is 0 Å². The number of aliphatic hydroxyl groups is 6. The van der Waals surface area contributed by atoms with Crippen LogP contribution in [0.5, 0.6) is 0 Å². The van der Waals surface area contributed by atoms with Gasteiger partial charge in [0.2, 0.25) is 0 Å². The molecule has 100 heavy (non-hydrogen) atoms. The molecule has 0 saturated carbocycles. The van der Waals surface area contributed by atoms with Crippen LogP contribution in [-0.2, 0) is 56.8 Å². The number of nitrogens with one attached hydrogen (secondary N) is 2. The molecule has 9 aliphatic heterocycles. The summed E-state index contributed by atoms with van der Waals surface area (Å²) in [5, 5.41) is 74.4. The van der Waals surface area contributed by atoms with Crippen LogP contribution < -0.4 is 10.6 Å². The van der Waals surface area contributed by atoms with Crippen molar-refractivity contribution in [2.75, 3.05) is 105 Å². The van der Waals surface area contributed by atoms with Crippen molar-refractivity contribution in [2.24, 2.45) is 0 Å². The molecule has 9 rings (SSSR count). The predicted molar refractivity (Wildman–Crippen MR) is 397 cm³/mol. The second kappa shape index (κ2) is 49.9. The highest BCUT2D eigenvalue weighted by Crippen LogP contribution is 2.29. The highest BCUT2D eigenvalue weighted by atomic mass is 16.6. The highest BCUT2D eigenvalue weighted by Gasteiger charge is 2.44. The molecule has 0 aromatic rings. The molecule has 0 aromatic carbocycles. The number of hydrogen-bond acceptors (Lipinski definition) is 24. The van der Waals surface area contributed by atoms with Crippen LogP contribution in [0.15, 0.2) is 0 Å². The van der Waals surface area contributed by atoms with E-state index in [1.807, 2.05) is 69.7 Å². The molecule has 9 aliphatic rings. The molecule has 0 bridgehead atoms. The molecule has 8 N–H and O–H groups in total. The van der Waals surface area contributed by atoms with Crippen molar-refractivity contribution in [1.29, 1.82) is 0 Å². The maximum absolute atomic E-state index is 11.6. The van der Waals surface area contributed by atoms with Crippen LogP contribution >= 0.6 is 0 Å². The van der Waals surface area contributed by atoms with Gasteiger partial charge in [0.1, 0.15) is 54.9 Å². The molecule has 25 nitrogen and oxygen atoms in total. The Bertz CT molecular complexity index is 1970. The van der Waals surface area contributed by atoms with Gasteiger partial charge in [0, 0.05) is 58.0 Å². The van der Waals surface area contributed by atoms with Crippen molar-refractivity contribution in [3.05, 3.63) is 5.21 Å². The summed E-state index contributed by atoms with van der Waals surface area (Å²) in [5.41, 5.74) is 0. The molecular weight excluding hydrogens is 1290 g/mol. The summed E-state index contributed by atoms with van der Waals surface area (Å²) in [5.74, 6) is 0. The second-order valence-corrected chi connectivity index (χ2v) is 30.9. The van der Waals surface area contributed by atoms with Gasteiger partial charge in [-0.3, -0.25) is 0 Å². The molecule has 31 unspecified atom stereocenters. The summed E-state index contributed by atoms with van der Waals surface area (Å²) >= 11 is 0. The Morgan fingerprint density at radius 1 is 0.390 bits per heavy atom. The van der Waals surface area contributed by atoms with Crippen molar-refractivity contribution < 1.29 is 92.1 Å². The zero-order valence-electron chi connectivity index (χ0n) is 68.3. The lowest BCUT2D eigenvalue weighted by Gasteiger charge is -2.47. The number of likely N-dealkylation sites (N-methyl/N-ethyl adjacent to an activating group) is 6. The van der Waals surface area contributed by atoms with E-state index in [1.54, 1.807) is 35.2 Å². The number of hydrogen-bond donors (Lipinski definition) is 8. The summed E-state index contributed by atoms with van der Waals surface area (Å²) in [7, 11) is 24.5. The molecule has 0 amide bonds. The van der Waals surface area contributed by atoms with Gasteiger partial charge >= 0.3 is 0 Å². The van der Waals surface area contributed by atoms with E-state index >= 15 is 0 Å². The third kappa shape index (κ3) is 34.9. The molecule has 31 atom stereocenters. The predicted octanol–water partition coefficient (Wildman–Crippen LogP) is 6.56. The maximum atomic E-state index is 11.6. The summed E-state index contributed by atoms with van der Waals surface area (Å²) in [6.45, 7) is 33.0. The largest absolute Gasteiger partial charge is 0.633 e. The van der Waals surface area contributed by atoms with E-state index < -0.39 is 36.6 Å². The standard InChI is InChI=1S/C9H19NO2.2C9H19NO.C9H18O4.C8H17NO2.2C8H17NO.C8H16O5.C7H14O2/c1-7-5-6-9(8(2)12-7)10(3,4)11;2*1-7-5-6-9(10(3)4)8(2)11-7;1-5-7(10)9(12-4)8(11-3)6(2)13-5;1-6-8(10)4-7(5-11-6)9(2)3;2*1-6-4-5-8(9-3)7(2)10-6;1-4-6(10)8(12-2)7(11)5(3-9)13-4;1-5-3-4-7(8)6(2)9-5/h7-9H,5-6H2,1-4H3;2*7-9H,5-6H2,1-4H3;5-10H,1-4H3;6-8,10H,4-5H2,1-3H3;2*6-9H,4-5H2,1-3H3;4-11H,3H2,1-2H3;5-8H,3-4H2,1-2H3. The minimum Gasteiger partial charge on any atom is -0.633 e. The third-order valence-corrected chi connectivity index (χ3v) is 21.4. The lowest BCUT2D eigenvalue weighted by atomic mass is 9.96. The Morgan fingerprint density at radius 2 is 0.760 bits per heavy atom. The fourth-order valence-electron chi connectivity index (χ4n) is 14.6. The first kappa shape index (κ1) is 97.0. The van der Waals surface area contributed by atoms with Gasteiger partial charge in [-0.05, 0) is 244 Å². The number of rotatable bonds is 10. The quantitative estimate of drug-likeness (QED) is 0.0849. The Labute approximate surface area is 608 Å². The number of aliphatic hydroxyl groups excluding tert-OH is 6. The van der Waals surface area contributed by atoms with Crippen molar-refractivity contribution in [3.8, 4) is 0 Å². The fourth-order valence-corrected chi connectivity index (χ4v) is 14.6. The monoisotopic (exact) mass is 1450 g/mol. The average Bonchev–Trinajstić information content (AvgIpc) is 0.827. The zero-order chi connectivity index (χ0) is 76.6. The van der Waals surface area contributed by atoms with Crippen LogP contribution in [0.25, 0.3) is 0 Å². The Hall–Kier alpha value is -1.00. The molecule has 0 radical (unpaired) electrons. The molecule has 9 fully saturated rings. The number of hydroxylamine groups is 3. The minimum atomic E-state index is -0.985. The van der Waals surface area contributed by atoms with Gasteiger partial charge in [0.05, 0.1) is 131 Å². The summed E-state index contributed by atoms with van der Waals surface area (Å²) in [6.07, 6.45) is 13.2. The van der Waals surface area contributed by atoms with E-state index in [2.05, 4.69) is 116 Å². The number of quaternary nitrogens is 1. The highest BCUT2D eigenvalue weighted by molar-refractivity contribution is 4.93. The van der Waals surface area contributed by atoms with Crippen molar-refractivity contribution >= 4 is 0 Å². The summed E-state index contributed by atoms with van der Waals surface area (Å²) in [6, 6.07) is 2.85. The normalized spacial score (nSPS) is 42.1. The topological polar surface area (TPSA) is 289 Å². The fraction of sp³-hybridized carbons (Fsp3) is 1.00. The number of methoxy groups -OCH3 is 3. The van der Waals surface area contributed by atoms with Crippen molar-refractivity contribution in [3.63, 3.8) is 0 Å². The SMILES string of the molecule is CC1CCC(N(C)C)C(C)O1.CC1CCC(N(C)C)C(C)O1.CC1CCC(O)C(C)O1.CC1CCC([N+](C)(C)[O-])C(C)O1.CC1OCC(N(C)C)CC1O.CNC1CCC(C)OC1C.CNC1CCC(C)OC1C.COC1C(C)OC(C)C(O)C1OC.COC1C(O)C(C)OC(CO)C1O. The van der Waals surface area contributed by atoms with E-state index in [9.17, 15) is 30.7 Å². The lowest BCUT2D eigenvalue weighted by Crippen LogP contribution is -2.58. The zero-order valence-corrected chi connectivity index (χ0v) is 68.3. The first-order valence-electron chi connectivity index (χ1n) is 38.0. The van der Waals surface area contributed by atoms with Gasteiger partial charge < -0.3 is 123 Å². The van der Waals surface area contributed by atoms with Crippen molar-refractivity contribution in [2.45, 2.75) is 383 Å². The van der Waals surface area contributed by atoms with Gasteiger partial charge in [0.25, 0.3) is 0 Å². The molecule has 9 heterocycles. The smallest absolute Gasteiger partial charge is 0.115 e. The third-order valence-electron chi connectivity index (χ3n) is 21.4. The van der Waals surface area contributed by atoms with Gasteiger partial charge in [-0.1, -0.05) is 0 Å². The van der Waals surface area contributed by atoms with Gasteiger partial charge in [0.15, 0.2) is 0 Å². The lowest BCUT2D eigenvalue weighted by molar-refractivity contribution is -0.872. The van der Waals surface area contributed by atoms with Gasteiger partial charge in [-0.15, -0.1) is 0 Å². The van der Waals surface area contributed by atoms with Gasteiger partial charge in [-0.2, -0.15) is 0 Å². The molecular formula is C75H156N6O19. The molecule has 0 aromatic heterocycles. The van der Waals surface area contributed by atoms with Crippen LogP contribution in [-0.4, -0.2) is 344 Å². The first-order chi connectivity index (χ1) is 46.6.